The van der Waals surface area contributed by atoms with Gasteiger partial charge < -0.3 is 9.64 Å². The molecule has 0 aromatic heterocycles. The summed E-state index contributed by atoms with van der Waals surface area (Å²) in [5.41, 5.74) is 0.935. The van der Waals surface area contributed by atoms with Crippen LogP contribution in [0, 0.1) is 0 Å². The molecule has 8 heteroatoms. The Bertz CT molecular complexity index is 690. The Labute approximate surface area is 144 Å². The highest BCUT2D eigenvalue weighted by atomic mass is 35.5. The third kappa shape index (κ3) is 4.32. The fourth-order valence-corrected chi connectivity index (χ4v) is 2.45. The second kappa shape index (κ2) is 7.92. The summed E-state index contributed by atoms with van der Waals surface area (Å²) in [7, 11) is 2.75. The van der Waals surface area contributed by atoms with Gasteiger partial charge in [-0.15, -0.1) is 0 Å². The van der Waals surface area contributed by atoms with Gasteiger partial charge in [0.25, 0.3) is 5.91 Å². The number of halogens is 1. The van der Waals surface area contributed by atoms with Crippen molar-refractivity contribution in [2.24, 2.45) is 5.10 Å². The molecule has 128 valence electrons. The molecule has 1 aliphatic rings. The summed E-state index contributed by atoms with van der Waals surface area (Å²) in [5.74, 6) is -1.12. The first-order valence-electron chi connectivity index (χ1n) is 7.36. The van der Waals surface area contributed by atoms with Crippen LogP contribution in [0.25, 0.3) is 0 Å². The Balaban J connectivity index is 2.24. The molecule has 0 aliphatic carbocycles. The molecule has 24 heavy (non-hydrogen) atoms. The van der Waals surface area contributed by atoms with Crippen molar-refractivity contribution in [2.75, 3.05) is 20.7 Å². The molecule has 0 bridgehead atoms. The number of carbonyl (C=O) groups excluding carboxylic acids is 3. The average molecular weight is 352 g/mol. The smallest absolute Gasteiger partial charge is 0.325 e. The summed E-state index contributed by atoms with van der Waals surface area (Å²) in [6, 6.07) is 7.07. The summed E-state index contributed by atoms with van der Waals surface area (Å²) >= 11 is 6.13. The molecule has 1 aromatic carbocycles. The van der Waals surface area contributed by atoms with Crippen molar-refractivity contribution in [3.8, 4) is 0 Å². The van der Waals surface area contributed by atoms with Crippen molar-refractivity contribution >= 4 is 35.1 Å². The molecule has 2 rings (SSSR count). The fourth-order valence-electron chi connectivity index (χ4n) is 2.26. The topological polar surface area (TPSA) is 79.3 Å². The third-order valence-electron chi connectivity index (χ3n) is 3.61. The lowest BCUT2D eigenvalue weighted by Crippen LogP contribution is -2.42. The molecular weight excluding hydrogens is 334 g/mol. The van der Waals surface area contributed by atoms with Crippen molar-refractivity contribution in [3.05, 3.63) is 34.9 Å². The van der Waals surface area contributed by atoms with Gasteiger partial charge in [-0.05, 0) is 11.6 Å². The summed E-state index contributed by atoms with van der Waals surface area (Å²) in [6.45, 7) is -0.0818. The predicted octanol–water partition coefficient (Wildman–Crippen LogP) is 1.45. The fraction of sp³-hybridized carbons (Fsp3) is 0.375. The van der Waals surface area contributed by atoms with Gasteiger partial charge in [-0.25, -0.2) is 5.01 Å². The van der Waals surface area contributed by atoms with Crippen LogP contribution < -0.4 is 0 Å². The number of hydrazone groups is 1. The number of methoxy groups -OCH3 is 1. The minimum absolute atomic E-state index is 0.143. The largest absolute Gasteiger partial charge is 0.468 e. The molecule has 1 aliphatic heterocycles. The monoisotopic (exact) mass is 351 g/mol. The number of benzene rings is 1. The van der Waals surface area contributed by atoms with Crippen LogP contribution in [-0.4, -0.2) is 54.1 Å². The molecule has 1 heterocycles. The molecule has 0 saturated heterocycles. The van der Waals surface area contributed by atoms with Crippen molar-refractivity contribution < 1.29 is 19.1 Å². The maximum Gasteiger partial charge on any atom is 0.325 e. The van der Waals surface area contributed by atoms with Gasteiger partial charge >= 0.3 is 5.97 Å². The van der Waals surface area contributed by atoms with Crippen LogP contribution in [0.3, 0.4) is 0 Å². The summed E-state index contributed by atoms with van der Waals surface area (Å²) in [5, 5.41) is 5.64. The Kier molecular flexibility index (Phi) is 5.92. The van der Waals surface area contributed by atoms with Crippen molar-refractivity contribution in [3.63, 3.8) is 0 Å². The molecule has 2 amide bonds. The second-order valence-corrected chi connectivity index (χ2v) is 5.70. The van der Waals surface area contributed by atoms with E-state index in [1.807, 2.05) is 0 Å². The maximum atomic E-state index is 12.7. The first-order chi connectivity index (χ1) is 11.4. The standard InChI is InChI=1S/C16H18ClN3O4/c1-19-14(21)8-7-13(18-19)16(23)20(10-15(22)24-2)9-11-5-3-4-6-12(11)17/h3-6H,7-10H2,1-2H3. The molecule has 7 nitrogen and oxygen atoms in total. The van der Waals surface area contributed by atoms with E-state index < -0.39 is 11.9 Å². The van der Waals surface area contributed by atoms with Gasteiger partial charge in [0.15, 0.2) is 0 Å². The second-order valence-electron chi connectivity index (χ2n) is 5.29. The lowest BCUT2D eigenvalue weighted by molar-refractivity contribution is -0.145. The van der Waals surface area contributed by atoms with E-state index in [9.17, 15) is 14.4 Å². The Hall–Kier alpha value is -2.41. The van der Waals surface area contributed by atoms with Crippen LogP contribution in [0.4, 0.5) is 0 Å². The van der Waals surface area contributed by atoms with Crippen LogP contribution in [0.15, 0.2) is 29.4 Å². The van der Waals surface area contributed by atoms with Gasteiger partial charge in [0, 0.05) is 31.5 Å². The van der Waals surface area contributed by atoms with E-state index in [2.05, 4.69) is 9.84 Å². The molecule has 0 spiro atoms. The third-order valence-corrected chi connectivity index (χ3v) is 3.98. The van der Waals surface area contributed by atoms with Crippen LogP contribution in [0.1, 0.15) is 18.4 Å². The molecule has 0 unspecified atom stereocenters. The van der Waals surface area contributed by atoms with Crippen molar-refractivity contribution in [1.29, 1.82) is 0 Å². The van der Waals surface area contributed by atoms with E-state index in [4.69, 9.17) is 11.6 Å². The number of rotatable bonds is 5. The van der Waals surface area contributed by atoms with Gasteiger partial charge in [0.1, 0.15) is 12.3 Å². The highest BCUT2D eigenvalue weighted by Gasteiger charge is 2.27. The normalized spacial score (nSPS) is 14.2. The van der Waals surface area contributed by atoms with Crippen LogP contribution in [-0.2, 0) is 25.7 Å². The molecule has 0 fully saturated rings. The highest BCUT2D eigenvalue weighted by molar-refractivity contribution is 6.39. The number of ether oxygens (including phenoxy) is 1. The van der Waals surface area contributed by atoms with E-state index in [-0.39, 0.29) is 37.6 Å². The minimum atomic E-state index is -0.545. The van der Waals surface area contributed by atoms with Crippen molar-refractivity contribution in [2.45, 2.75) is 19.4 Å². The molecule has 0 radical (unpaired) electrons. The van der Waals surface area contributed by atoms with Crippen LogP contribution in [0.2, 0.25) is 5.02 Å². The summed E-state index contributed by atoms with van der Waals surface area (Å²) in [6.07, 6.45) is 0.446. The van der Waals surface area contributed by atoms with Gasteiger partial charge in [-0.1, -0.05) is 29.8 Å². The highest BCUT2D eigenvalue weighted by Crippen LogP contribution is 2.18. The number of nitrogens with zero attached hydrogens (tertiary/aromatic N) is 3. The lowest BCUT2D eigenvalue weighted by Gasteiger charge is -2.25. The van der Waals surface area contributed by atoms with E-state index >= 15 is 0 Å². The Morgan fingerprint density at radius 3 is 2.67 bits per heavy atom. The molecule has 0 saturated carbocycles. The summed E-state index contributed by atoms with van der Waals surface area (Å²) < 4.78 is 4.65. The molecule has 0 atom stereocenters. The number of hydrogen-bond acceptors (Lipinski definition) is 5. The Morgan fingerprint density at radius 2 is 2.04 bits per heavy atom. The average Bonchev–Trinajstić information content (AvgIpc) is 2.57. The number of amides is 2. The maximum absolute atomic E-state index is 12.7. The quantitative estimate of drug-likeness (QED) is 0.752. The zero-order valence-electron chi connectivity index (χ0n) is 13.5. The van der Waals surface area contributed by atoms with Gasteiger partial charge in [-0.2, -0.15) is 5.10 Å². The number of carbonyl (C=O) groups is 3. The van der Waals surface area contributed by atoms with Crippen LogP contribution >= 0.6 is 11.6 Å². The Morgan fingerprint density at radius 1 is 1.33 bits per heavy atom. The lowest BCUT2D eigenvalue weighted by atomic mass is 10.1. The number of hydrogen-bond donors (Lipinski definition) is 0. The van der Waals surface area contributed by atoms with E-state index in [0.717, 1.165) is 5.01 Å². The van der Waals surface area contributed by atoms with Gasteiger partial charge in [0.05, 0.1) is 7.11 Å². The van der Waals surface area contributed by atoms with Gasteiger partial charge in [-0.3, -0.25) is 14.4 Å². The van der Waals surface area contributed by atoms with E-state index in [1.165, 1.54) is 19.1 Å². The SMILES string of the molecule is COC(=O)CN(Cc1ccccc1Cl)C(=O)C1=NN(C)C(=O)CC1. The van der Waals surface area contributed by atoms with E-state index in [1.54, 1.807) is 24.3 Å². The molecular formula is C16H18ClN3O4. The van der Waals surface area contributed by atoms with Crippen LogP contribution in [0.5, 0.6) is 0 Å². The van der Waals surface area contributed by atoms with Crippen molar-refractivity contribution in [1.82, 2.24) is 9.91 Å². The van der Waals surface area contributed by atoms with Gasteiger partial charge in [0.2, 0.25) is 5.91 Å². The zero-order valence-corrected chi connectivity index (χ0v) is 14.2. The zero-order chi connectivity index (χ0) is 17.7. The van der Waals surface area contributed by atoms with E-state index in [0.29, 0.717) is 10.6 Å². The predicted molar refractivity (Wildman–Crippen MR) is 88.3 cm³/mol. The molecule has 1 aromatic rings. The summed E-state index contributed by atoms with van der Waals surface area (Å²) in [4.78, 5) is 37.2. The minimum Gasteiger partial charge on any atom is -0.468 e. The molecule has 0 N–H and O–H groups in total. The first kappa shape index (κ1) is 17.9. The first-order valence-corrected chi connectivity index (χ1v) is 7.73. The number of esters is 1.